The van der Waals surface area contributed by atoms with Gasteiger partial charge in [-0.15, -0.1) is 0 Å². The molecule has 0 saturated carbocycles. The second-order valence-electron chi connectivity index (χ2n) is 3.74. The van der Waals surface area contributed by atoms with Crippen molar-refractivity contribution in [3.63, 3.8) is 0 Å². The van der Waals surface area contributed by atoms with Gasteiger partial charge in [-0.25, -0.2) is 0 Å². The molecule has 0 amide bonds. The van der Waals surface area contributed by atoms with Gasteiger partial charge in [-0.05, 0) is 12.0 Å². The van der Waals surface area contributed by atoms with Crippen LogP contribution in [0.1, 0.15) is 18.9 Å². The van der Waals surface area contributed by atoms with Crippen LogP contribution in [0.2, 0.25) is 0 Å². The Hall–Kier alpha value is -1.35. The fraction of sp³-hybridized carbons (Fsp3) is 0.462. The predicted molar refractivity (Wildman–Crippen MR) is 63.9 cm³/mol. The molecule has 0 aromatic heterocycles. The molecular formula is C13H19NO2. The number of ether oxygens (including phenoxy) is 1. The quantitative estimate of drug-likeness (QED) is 0.746. The van der Waals surface area contributed by atoms with Crippen molar-refractivity contribution in [1.29, 1.82) is 0 Å². The van der Waals surface area contributed by atoms with E-state index in [9.17, 15) is 4.79 Å². The molecule has 0 radical (unpaired) electrons. The summed E-state index contributed by atoms with van der Waals surface area (Å²) >= 11 is 0. The Morgan fingerprint density at radius 2 is 2.06 bits per heavy atom. The Kier molecular flexibility index (Phi) is 5.57. The number of carbonyl (C=O) groups is 1. The predicted octanol–water partition coefficient (Wildman–Crippen LogP) is 1.98. The molecule has 0 spiro atoms. The van der Waals surface area contributed by atoms with E-state index < -0.39 is 0 Å². The van der Waals surface area contributed by atoms with E-state index in [0.29, 0.717) is 6.54 Å². The highest BCUT2D eigenvalue weighted by atomic mass is 16.5. The summed E-state index contributed by atoms with van der Waals surface area (Å²) in [4.78, 5) is 11.3. The minimum absolute atomic E-state index is 0.0475. The summed E-state index contributed by atoms with van der Waals surface area (Å²) < 4.78 is 4.73. The number of hydrogen-bond donors (Lipinski definition) is 1. The van der Waals surface area contributed by atoms with E-state index in [0.717, 1.165) is 13.0 Å². The zero-order chi connectivity index (χ0) is 11.8. The van der Waals surface area contributed by atoms with Crippen LogP contribution in [-0.2, 0) is 16.1 Å². The fourth-order valence-electron chi connectivity index (χ4n) is 1.55. The topological polar surface area (TPSA) is 38.3 Å². The summed E-state index contributed by atoms with van der Waals surface area (Å²) in [5.74, 6) is -0.184. The largest absolute Gasteiger partial charge is 0.469 e. The number of methoxy groups -OCH3 is 1. The molecule has 0 bridgehead atoms. The van der Waals surface area contributed by atoms with Crippen LogP contribution >= 0.6 is 0 Å². The van der Waals surface area contributed by atoms with Crippen molar-refractivity contribution in [2.75, 3.05) is 13.7 Å². The van der Waals surface area contributed by atoms with E-state index in [-0.39, 0.29) is 11.9 Å². The lowest BCUT2D eigenvalue weighted by atomic mass is 10.1. The SMILES string of the molecule is CCC(CNCc1ccccc1)C(=O)OC. The summed E-state index contributed by atoms with van der Waals surface area (Å²) in [5.41, 5.74) is 1.22. The zero-order valence-corrected chi connectivity index (χ0v) is 9.90. The molecule has 1 aromatic rings. The molecule has 1 N–H and O–H groups in total. The molecule has 0 heterocycles. The molecular weight excluding hydrogens is 202 g/mol. The van der Waals surface area contributed by atoms with Crippen molar-refractivity contribution >= 4 is 5.97 Å². The highest BCUT2D eigenvalue weighted by Gasteiger charge is 2.15. The van der Waals surface area contributed by atoms with E-state index in [1.165, 1.54) is 12.7 Å². The molecule has 0 aliphatic rings. The summed E-state index contributed by atoms with van der Waals surface area (Å²) in [6.07, 6.45) is 0.800. The Balaban J connectivity index is 2.31. The second kappa shape index (κ2) is 7.01. The van der Waals surface area contributed by atoms with Crippen LogP contribution in [0.4, 0.5) is 0 Å². The van der Waals surface area contributed by atoms with Gasteiger partial charge in [0.2, 0.25) is 0 Å². The Bertz CT molecular complexity index is 311. The third-order valence-corrected chi connectivity index (χ3v) is 2.59. The molecule has 1 aromatic carbocycles. The van der Waals surface area contributed by atoms with Crippen molar-refractivity contribution in [3.8, 4) is 0 Å². The van der Waals surface area contributed by atoms with E-state index in [1.54, 1.807) is 0 Å². The molecule has 88 valence electrons. The first kappa shape index (κ1) is 12.7. The van der Waals surface area contributed by atoms with Crippen LogP contribution in [0, 0.1) is 5.92 Å². The first-order chi connectivity index (χ1) is 7.77. The number of nitrogens with one attached hydrogen (secondary N) is 1. The van der Waals surface area contributed by atoms with E-state index in [2.05, 4.69) is 17.4 Å². The van der Waals surface area contributed by atoms with E-state index >= 15 is 0 Å². The molecule has 3 heteroatoms. The standard InChI is InChI=1S/C13H19NO2/c1-3-12(13(15)16-2)10-14-9-11-7-5-4-6-8-11/h4-8,12,14H,3,9-10H2,1-2H3. The Labute approximate surface area is 96.8 Å². The van der Waals surface area contributed by atoms with Crippen LogP contribution in [-0.4, -0.2) is 19.6 Å². The average molecular weight is 221 g/mol. The number of hydrogen-bond acceptors (Lipinski definition) is 3. The first-order valence-electron chi connectivity index (χ1n) is 5.60. The van der Waals surface area contributed by atoms with Crippen LogP contribution in [0.5, 0.6) is 0 Å². The molecule has 0 aliphatic carbocycles. The highest BCUT2D eigenvalue weighted by molar-refractivity contribution is 5.72. The monoisotopic (exact) mass is 221 g/mol. The fourth-order valence-corrected chi connectivity index (χ4v) is 1.55. The molecule has 1 unspecified atom stereocenters. The molecule has 1 rings (SSSR count). The van der Waals surface area contributed by atoms with Crippen LogP contribution in [0.25, 0.3) is 0 Å². The highest BCUT2D eigenvalue weighted by Crippen LogP contribution is 2.04. The summed E-state index contributed by atoms with van der Waals surface area (Å²) in [6, 6.07) is 10.1. The summed E-state index contributed by atoms with van der Waals surface area (Å²) in [5, 5.41) is 3.27. The number of benzene rings is 1. The molecule has 3 nitrogen and oxygen atoms in total. The van der Waals surface area contributed by atoms with Crippen molar-refractivity contribution < 1.29 is 9.53 Å². The summed E-state index contributed by atoms with van der Waals surface area (Å²) in [6.45, 7) is 3.44. The minimum atomic E-state index is -0.136. The number of rotatable bonds is 6. The van der Waals surface area contributed by atoms with Gasteiger partial charge in [-0.2, -0.15) is 0 Å². The lowest BCUT2D eigenvalue weighted by Gasteiger charge is -2.13. The maximum atomic E-state index is 11.3. The van der Waals surface area contributed by atoms with E-state index in [1.807, 2.05) is 25.1 Å². The van der Waals surface area contributed by atoms with Crippen LogP contribution < -0.4 is 5.32 Å². The van der Waals surface area contributed by atoms with Crippen molar-refractivity contribution in [3.05, 3.63) is 35.9 Å². The van der Waals surface area contributed by atoms with Gasteiger partial charge in [0.05, 0.1) is 13.0 Å². The van der Waals surface area contributed by atoms with Gasteiger partial charge in [0.15, 0.2) is 0 Å². The number of carbonyl (C=O) groups excluding carboxylic acids is 1. The maximum absolute atomic E-state index is 11.3. The van der Waals surface area contributed by atoms with Gasteiger partial charge in [-0.1, -0.05) is 37.3 Å². The van der Waals surface area contributed by atoms with Crippen molar-refractivity contribution in [2.24, 2.45) is 5.92 Å². The molecule has 0 fully saturated rings. The van der Waals surface area contributed by atoms with Gasteiger partial charge < -0.3 is 10.1 Å². The number of esters is 1. The van der Waals surface area contributed by atoms with Gasteiger partial charge in [-0.3, -0.25) is 4.79 Å². The molecule has 1 atom stereocenters. The third-order valence-electron chi connectivity index (χ3n) is 2.59. The lowest BCUT2D eigenvalue weighted by Crippen LogP contribution is -2.28. The van der Waals surface area contributed by atoms with Gasteiger partial charge >= 0.3 is 5.97 Å². The zero-order valence-electron chi connectivity index (χ0n) is 9.90. The molecule has 0 aliphatic heterocycles. The third kappa shape index (κ3) is 4.03. The van der Waals surface area contributed by atoms with Crippen molar-refractivity contribution in [1.82, 2.24) is 5.32 Å². The van der Waals surface area contributed by atoms with Gasteiger partial charge in [0, 0.05) is 13.1 Å². The Morgan fingerprint density at radius 3 is 2.62 bits per heavy atom. The van der Waals surface area contributed by atoms with Gasteiger partial charge in [0.25, 0.3) is 0 Å². The molecule has 16 heavy (non-hydrogen) atoms. The minimum Gasteiger partial charge on any atom is -0.469 e. The van der Waals surface area contributed by atoms with Crippen LogP contribution in [0.15, 0.2) is 30.3 Å². The normalized spacial score (nSPS) is 12.1. The maximum Gasteiger partial charge on any atom is 0.309 e. The first-order valence-corrected chi connectivity index (χ1v) is 5.60. The summed E-state index contributed by atoms with van der Waals surface area (Å²) in [7, 11) is 1.43. The molecule has 0 saturated heterocycles. The second-order valence-corrected chi connectivity index (χ2v) is 3.74. The lowest BCUT2D eigenvalue weighted by molar-refractivity contribution is -0.145. The van der Waals surface area contributed by atoms with Gasteiger partial charge in [0.1, 0.15) is 0 Å². The van der Waals surface area contributed by atoms with Crippen LogP contribution in [0.3, 0.4) is 0 Å². The average Bonchev–Trinajstić information content (AvgIpc) is 2.35. The van der Waals surface area contributed by atoms with Crippen molar-refractivity contribution in [2.45, 2.75) is 19.9 Å². The van der Waals surface area contributed by atoms with E-state index in [4.69, 9.17) is 4.74 Å². The Morgan fingerprint density at radius 1 is 1.38 bits per heavy atom. The smallest absolute Gasteiger partial charge is 0.309 e.